The van der Waals surface area contributed by atoms with Crippen LogP contribution >= 0.6 is 0 Å². The molecule has 1 rings (SSSR count). The lowest BCUT2D eigenvalue weighted by molar-refractivity contribution is 0.0828. The minimum Gasteiger partial charge on any atom is -0.312 e. The van der Waals surface area contributed by atoms with E-state index in [0.717, 1.165) is 25.6 Å². The zero-order chi connectivity index (χ0) is 11.5. The molecule has 0 spiro atoms. The van der Waals surface area contributed by atoms with Crippen LogP contribution in [0.1, 0.15) is 47.5 Å². The molecule has 15 heavy (non-hydrogen) atoms. The SMILES string of the molecule is CCNC(C1CC1)C(C)(C)N(CC)CC. The Kier molecular flexibility index (Phi) is 4.60. The van der Waals surface area contributed by atoms with Gasteiger partial charge in [-0.3, -0.25) is 4.90 Å². The molecule has 1 atom stereocenters. The minimum absolute atomic E-state index is 0.292. The molecule has 2 heteroatoms. The Morgan fingerprint density at radius 3 is 2.07 bits per heavy atom. The van der Waals surface area contributed by atoms with Crippen LogP contribution in [0.3, 0.4) is 0 Å². The van der Waals surface area contributed by atoms with E-state index in [1.54, 1.807) is 0 Å². The molecule has 1 aliphatic rings. The average Bonchev–Trinajstić information content (AvgIpc) is 2.98. The van der Waals surface area contributed by atoms with E-state index in [9.17, 15) is 0 Å². The Labute approximate surface area is 95.4 Å². The average molecular weight is 212 g/mol. The highest BCUT2D eigenvalue weighted by Gasteiger charge is 2.42. The highest BCUT2D eigenvalue weighted by atomic mass is 15.2. The molecule has 1 saturated carbocycles. The van der Waals surface area contributed by atoms with Gasteiger partial charge in [0, 0.05) is 11.6 Å². The summed E-state index contributed by atoms with van der Waals surface area (Å²) < 4.78 is 0. The molecule has 1 fully saturated rings. The smallest absolute Gasteiger partial charge is 0.0308 e. The van der Waals surface area contributed by atoms with E-state index in [-0.39, 0.29) is 0 Å². The molecule has 90 valence electrons. The highest BCUT2D eigenvalue weighted by molar-refractivity contribution is 5.01. The van der Waals surface area contributed by atoms with E-state index in [0.29, 0.717) is 11.6 Å². The van der Waals surface area contributed by atoms with Gasteiger partial charge in [0.1, 0.15) is 0 Å². The molecule has 1 N–H and O–H groups in total. The van der Waals surface area contributed by atoms with Crippen molar-refractivity contribution in [3.63, 3.8) is 0 Å². The Morgan fingerprint density at radius 2 is 1.73 bits per heavy atom. The molecule has 0 aromatic heterocycles. The van der Waals surface area contributed by atoms with E-state index in [2.05, 4.69) is 44.8 Å². The fourth-order valence-electron chi connectivity index (χ4n) is 2.88. The third kappa shape index (κ3) is 2.94. The normalized spacial score (nSPS) is 19.6. The van der Waals surface area contributed by atoms with Crippen LogP contribution in [0, 0.1) is 5.92 Å². The molecule has 0 aromatic carbocycles. The molecule has 0 aliphatic heterocycles. The zero-order valence-corrected chi connectivity index (χ0v) is 11.1. The summed E-state index contributed by atoms with van der Waals surface area (Å²) in [7, 11) is 0. The van der Waals surface area contributed by atoms with Gasteiger partial charge in [0.2, 0.25) is 0 Å². The highest BCUT2D eigenvalue weighted by Crippen LogP contribution is 2.39. The van der Waals surface area contributed by atoms with Crippen molar-refractivity contribution < 1.29 is 0 Å². The molecule has 0 amide bonds. The fourth-order valence-corrected chi connectivity index (χ4v) is 2.88. The summed E-state index contributed by atoms with van der Waals surface area (Å²) in [6.07, 6.45) is 2.84. The standard InChI is InChI=1S/C13H28N2/c1-6-14-12(11-9-10-11)13(4,5)15(7-2)8-3/h11-12,14H,6-10H2,1-5H3. The van der Waals surface area contributed by atoms with E-state index in [4.69, 9.17) is 0 Å². The quantitative estimate of drug-likeness (QED) is 0.697. The van der Waals surface area contributed by atoms with Crippen molar-refractivity contribution in [3.8, 4) is 0 Å². The van der Waals surface area contributed by atoms with Crippen molar-refractivity contribution in [2.75, 3.05) is 19.6 Å². The molecular weight excluding hydrogens is 184 g/mol. The maximum atomic E-state index is 3.69. The molecule has 0 radical (unpaired) electrons. The topological polar surface area (TPSA) is 15.3 Å². The van der Waals surface area contributed by atoms with Crippen molar-refractivity contribution in [1.82, 2.24) is 10.2 Å². The van der Waals surface area contributed by atoms with Crippen LogP contribution in [0.25, 0.3) is 0 Å². The zero-order valence-electron chi connectivity index (χ0n) is 11.1. The van der Waals surface area contributed by atoms with Gasteiger partial charge in [-0.25, -0.2) is 0 Å². The number of likely N-dealkylation sites (N-methyl/N-ethyl adjacent to an activating group) is 2. The summed E-state index contributed by atoms with van der Waals surface area (Å²) in [5.74, 6) is 0.917. The second kappa shape index (κ2) is 5.31. The second-order valence-corrected chi connectivity index (χ2v) is 5.20. The summed E-state index contributed by atoms with van der Waals surface area (Å²) in [5, 5.41) is 3.69. The van der Waals surface area contributed by atoms with Crippen molar-refractivity contribution in [2.24, 2.45) is 5.92 Å². The van der Waals surface area contributed by atoms with Crippen molar-refractivity contribution >= 4 is 0 Å². The van der Waals surface area contributed by atoms with Gasteiger partial charge in [0.15, 0.2) is 0 Å². The van der Waals surface area contributed by atoms with Crippen LogP contribution < -0.4 is 5.32 Å². The second-order valence-electron chi connectivity index (χ2n) is 5.20. The first-order valence-electron chi connectivity index (χ1n) is 6.56. The van der Waals surface area contributed by atoms with Crippen LogP contribution in [0.4, 0.5) is 0 Å². The largest absolute Gasteiger partial charge is 0.312 e. The van der Waals surface area contributed by atoms with Gasteiger partial charge < -0.3 is 5.32 Å². The van der Waals surface area contributed by atoms with E-state index >= 15 is 0 Å². The molecular formula is C13H28N2. The lowest BCUT2D eigenvalue weighted by Crippen LogP contribution is -2.58. The number of rotatable bonds is 7. The summed E-state index contributed by atoms with van der Waals surface area (Å²) in [6, 6.07) is 0.669. The lowest BCUT2D eigenvalue weighted by Gasteiger charge is -2.44. The summed E-state index contributed by atoms with van der Waals surface area (Å²) in [5.41, 5.74) is 0.292. The number of hydrogen-bond acceptors (Lipinski definition) is 2. The van der Waals surface area contributed by atoms with Crippen LogP contribution in [0.2, 0.25) is 0 Å². The van der Waals surface area contributed by atoms with Gasteiger partial charge in [-0.2, -0.15) is 0 Å². The number of nitrogens with zero attached hydrogens (tertiary/aromatic N) is 1. The summed E-state index contributed by atoms with van der Waals surface area (Å²) in [4.78, 5) is 2.58. The van der Waals surface area contributed by atoms with Crippen molar-refractivity contribution in [2.45, 2.75) is 59.0 Å². The summed E-state index contributed by atoms with van der Waals surface area (Å²) in [6.45, 7) is 14.9. The van der Waals surface area contributed by atoms with E-state index in [1.807, 2.05) is 0 Å². The molecule has 0 aromatic rings. The fraction of sp³-hybridized carbons (Fsp3) is 1.00. The Hall–Kier alpha value is -0.0800. The van der Waals surface area contributed by atoms with Gasteiger partial charge in [-0.05, 0) is 52.2 Å². The van der Waals surface area contributed by atoms with Crippen molar-refractivity contribution in [3.05, 3.63) is 0 Å². The predicted molar refractivity (Wildman–Crippen MR) is 67.2 cm³/mol. The third-order valence-electron chi connectivity index (χ3n) is 3.86. The van der Waals surface area contributed by atoms with E-state index in [1.165, 1.54) is 12.8 Å². The van der Waals surface area contributed by atoms with Crippen molar-refractivity contribution in [1.29, 1.82) is 0 Å². The monoisotopic (exact) mass is 212 g/mol. The first-order valence-corrected chi connectivity index (χ1v) is 6.56. The Bertz CT molecular complexity index is 181. The molecule has 1 aliphatic carbocycles. The molecule has 1 unspecified atom stereocenters. The van der Waals surface area contributed by atoms with Gasteiger partial charge in [0.25, 0.3) is 0 Å². The summed E-state index contributed by atoms with van der Waals surface area (Å²) >= 11 is 0. The third-order valence-corrected chi connectivity index (χ3v) is 3.86. The van der Waals surface area contributed by atoms with Gasteiger partial charge in [-0.15, -0.1) is 0 Å². The predicted octanol–water partition coefficient (Wildman–Crippen LogP) is 2.49. The maximum Gasteiger partial charge on any atom is 0.0308 e. The van der Waals surface area contributed by atoms with Crippen LogP contribution in [-0.4, -0.2) is 36.1 Å². The minimum atomic E-state index is 0.292. The van der Waals surface area contributed by atoms with Crippen LogP contribution in [0.15, 0.2) is 0 Å². The Balaban J connectivity index is 2.68. The van der Waals surface area contributed by atoms with E-state index < -0.39 is 0 Å². The Morgan fingerprint density at radius 1 is 1.20 bits per heavy atom. The van der Waals surface area contributed by atoms with Crippen LogP contribution in [-0.2, 0) is 0 Å². The maximum absolute atomic E-state index is 3.69. The van der Waals surface area contributed by atoms with Crippen LogP contribution in [0.5, 0.6) is 0 Å². The number of hydrogen-bond donors (Lipinski definition) is 1. The van der Waals surface area contributed by atoms with Gasteiger partial charge in [0.05, 0.1) is 0 Å². The number of nitrogens with one attached hydrogen (secondary N) is 1. The molecule has 0 heterocycles. The lowest BCUT2D eigenvalue weighted by atomic mass is 9.88. The molecule has 0 saturated heterocycles. The van der Waals surface area contributed by atoms with Gasteiger partial charge >= 0.3 is 0 Å². The van der Waals surface area contributed by atoms with Gasteiger partial charge in [-0.1, -0.05) is 20.8 Å². The first-order chi connectivity index (χ1) is 7.07. The molecule has 0 bridgehead atoms. The first kappa shape index (κ1) is 13.0. The molecule has 2 nitrogen and oxygen atoms in total.